The first-order chi connectivity index (χ1) is 8.18. The molecule has 2 unspecified atom stereocenters. The second-order valence-electron chi connectivity index (χ2n) is 4.31. The molecule has 1 N–H and O–H groups in total. The Hall–Kier alpha value is -1.50. The molecule has 0 spiro atoms. The lowest BCUT2D eigenvalue weighted by Crippen LogP contribution is -2.22. The van der Waals surface area contributed by atoms with Crippen molar-refractivity contribution in [1.82, 2.24) is 20.2 Å². The van der Waals surface area contributed by atoms with Crippen LogP contribution in [0.2, 0.25) is 0 Å². The van der Waals surface area contributed by atoms with Crippen molar-refractivity contribution in [2.24, 2.45) is 5.92 Å². The monoisotopic (exact) mass is 240 g/mol. The molecular weight excluding hydrogens is 224 g/mol. The molecule has 0 bridgehead atoms. The van der Waals surface area contributed by atoms with Crippen LogP contribution in [-0.2, 0) is 16.1 Å². The van der Waals surface area contributed by atoms with Crippen LogP contribution in [0.3, 0.4) is 0 Å². The molecule has 1 aromatic heterocycles. The van der Waals surface area contributed by atoms with E-state index in [-0.39, 0.29) is 12.6 Å². The van der Waals surface area contributed by atoms with Crippen LogP contribution in [0.1, 0.15) is 38.1 Å². The number of rotatable bonds is 4. The number of tetrazole rings is 1. The van der Waals surface area contributed by atoms with Gasteiger partial charge in [-0.05, 0) is 29.7 Å². The van der Waals surface area contributed by atoms with E-state index in [2.05, 4.69) is 15.5 Å². The maximum atomic E-state index is 10.8. The molecular formula is C10H16N4O3. The molecule has 7 nitrogen and oxygen atoms in total. The van der Waals surface area contributed by atoms with Crippen molar-refractivity contribution in [3.8, 4) is 0 Å². The molecule has 1 aliphatic rings. The Morgan fingerprint density at radius 3 is 3.12 bits per heavy atom. The van der Waals surface area contributed by atoms with Crippen LogP contribution in [0.4, 0.5) is 0 Å². The normalized spacial score (nSPS) is 22.3. The third-order valence-corrected chi connectivity index (χ3v) is 2.90. The molecule has 1 saturated heterocycles. The van der Waals surface area contributed by atoms with Crippen molar-refractivity contribution in [3.05, 3.63) is 5.82 Å². The van der Waals surface area contributed by atoms with Gasteiger partial charge in [0.1, 0.15) is 6.10 Å². The number of hydrogen-bond donors (Lipinski definition) is 1. The molecule has 2 atom stereocenters. The molecule has 1 fully saturated rings. The number of ether oxygens (including phenoxy) is 1. The van der Waals surface area contributed by atoms with Crippen LogP contribution in [-0.4, -0.2) is 37.9 Å². The molecule has 0 radical (unpaired) electrons. The van der Waals surface area contributed by atoms with Gasteiger partial charge in [0.25, 0.3) is 0 Å². The van der Waals surface area contributed by atoms with Crippen molar-refractivity contribution >= 4 is 5.97 Å². The third-order valence-electron chi connectivity index (χ3n) is 2.90. The fourth-order valence-electron chi connectivity index (χ4n) is 1.85. The van der Waals surface area contributed by atoms with E-state index in [4.69, 9.17) is 9.84 Å². The number of nitrogens with zero attached hydrogens (tertiary/aromatic N) is 4. The van der Waals surface area contributed by atoms with E-state index >= 15 is 0 Å². The van der Waals surface area contributed by atoms with Crippen LogP contribution >= 0.6 is 0 Å². The van der Waals surface area contributed by atoms with E-state index in [0.29, 0.717) is 12.4 Å². The molecule has 1 aromatic rings. The molecule has 0 aliphatic carbocycles. The summed E-state index contributed by atoms with van der Waals surface area (Å²) in [7, 11) is 0. The average molecular weight is 240 g/mol. The van der Waals surface area contributed by atoms with Gasteiger partial charge in [-0.1, -0.05) is 6.92 Å². The van der Waals surface area contributed by atoms with Crippen molar-refractivity contribution in [1.29, 1.82) is 0 Å². The summed E-state index contributed by atoms with van der Waals surface area (Å²) in [5.41, 5.74) is 0. The fourth-order valence-corrected chi connectivity index (χ4v) is 1.85. The predicted octanol–water partition coefficient (Wildman–Crippen LogP) is 0.635. The number of carbonyl (C=O) groups is 1. The van der Waals surface area contributed by atoms with Gasteiger partial charge < -0.3 is 9.84 Å². The van der Waals surface area contributed by atoms with E-state index in [1.165, 1.54) is 4.68 Å². The lowest BCUT2D eigenvalue weighted by Gasteiger charge is -2.21. The van der Waals surface area contributed by atoms with Crippen molar-refractivity contribution < 1.29 is 14.6 Å². The molecule has 2 rings (SSSR count). The standard InChI is InChI=1S/C10H16N4O3/c1-7(10(15)16)6-14-9(11-12-13-14)8-4-2-3-5-17-8/h7-8H,2-6H2,1H3,(H,15,16). The number of hydrogen-bond acceptors (Lipinski definition) is 5. The summed E-state index contributed by atoms with van der Waals surface area (Å²) in [6.45, 7) is 2.62. The molecule has 94 valence electrons. The molecule has 17 heavy (non-hydrogen) atoms. The zero-order valence-electron chi connectivity index (χ0n) is 9.74. The highest BCUT2D eigenvalue weighted by molar-refractivity contribution is 5.69. The summed E-state index contributed by atoms with van der Waals surface area (Å²) in [6, 6.07) is 0. The van der Waals surface area contributed by atoms with Crippen molar-refractivity contribution in [3.63, 3.8) is 0 Å². The minimum absolute atomic E-state index is 0.0975. The first kappa shape index (κ1) is 12.0. The smallest absolute Gasteiger partial charge is 0.308 e. The van der Waals surface area contributed by atoms with Gasteiger partial charge in [-0.2, -0.15) is 0 Å². The van der Waals surface area contributed by atoms with Crippen LogP contribution in [0.25, 0.3) is 0 Å². The lowest BCUT2D eigenvalue weighted by atomic mass is 10.1. The Kier molecular flexibility index (Phi) is 3.68. The van der Waals surface area contributed by atoms with E-state index in [0.717, 1.165) is 19.3 Å². The number of aliphatic carboxylic acids is 1. The fraction of sp³-hybridized carbons (Fsp3) is 0.800. The Morgan fingerprint density at radius 2 is 2.47 bits per heavy atom. The molecule has 1 aliphatic heterocycles. The second kappa shape index (κ2) is 5.22. The van der Waals surface area contributed by atoms with Gasteiger partial charge in [0.2, 0.25) is 0 Å². The third kappa shape index (κ3) is 2.79. The van der Waals surface area contributed by atoms with Gasteiger partial charge in [0, 0.05) is 6.61 Å². The lowest BCUT2D eigenvalue weighted by molar-refractivity contribution is -0.141. The summed E-state index contributed by atoms with van der Waals surface area (Å²) in [6.07, 6.45) is 2.94. The van der Waals surface area contributed by atoms with E-state index in [1.807, 2.05) is 0 Å². The summed E-state index contributed by atoms with van der Waals surface area (Å²) in [5, 5.41) is 20.2. The minimum Gasteiger partial charge on any atom is -0.481 e. The predicted molar refractivity (Wildman–Crippen MR) is 57.2 cm³/mol. The zero-order valence-corrected chi connectivity index (χ0v) is 9.74. The van der Waals surface area contributed by atoms with Crippen molar-refractivity contribution in [2.45, 2.75) is 38.8 Å². The number of aromatic nitrogens is 4. The van der Waals surface area contributed by atoms with E-state index in [9.17, 15) is 4.79 Å². The van der Waals surface area contributed by atoms with Crippen LogP contribution in [0, 0.1) is 5.92 Å². The van der Waals surface area contributed by atoms with Gasteiger partial charge in [0.15, 0.2) is 5.82 Å². The number of carboxylic acids is 1. The van der Waals surface area contributed by atoms with Crippen molar-refractivity contribution in [2.75, 3.05) is 6.61 Å². The molecule has 7 heteroatoms. The Morgan fingerprint density at radius 1 is 1.65 bits per heavy atom. The average Bonchev–Trinajstić information content (AvgIpc) is 2.78. The Bertz CT molecular complexity index is 387. The van der Waals surface area contributed by atoms with Gasteiger partial charge in [-0.15, -0.1) is 5.10 Å². The molecule has 0 amide bonds. The first-order valence-electron chi connectivity index (χ1n) is 5.79. The molecule has 0 saturated carbocycles. The minimum atomic E-state index is -0.851. The summed E-state index contributed by atoms with van der Waals surface area (Å²) < 4.78 is 7.13. The molecule has 2 heterocycles. The maximum Gasteiger partial charge on any atom is 0.308 e. The molecule has 0 aromatic carbocycles. The van der Waals surface area contributed by atoms with Gasteiger partial charge in [0.05, 0.1) is 12.5 Å². The SMILES string of the molecule is CC(Cn1nnnc1C1CCCCO1)C(=O)O. The Balaban J connectivity index is 2.07. The number of carboxylic acid groups (broad SMARTS) is 1. The van der Waals surface area contributed by atoms with E-state index < -0.39 is 11.9 Å². The highest BCUT2D eigenvalue weighted by Gasteiger charge is 2.24. The Labute approximate surface area is 98.8 Å². The van der Waals surface area contributed by atoms with Crippen LogP contribution in [0.5, 0.6) is 0 Å². The van der Waals surface area contributed by atoms with Crippen LogP contribution < -0.4 is 0 Å². The summed E-state index contributed by atoms with van der Waals surface area (Å²) in [5.74, 6) is -0.727. The quantitative estimate of drug-likeness (QED) is 0.830. The zero-order chi connectivity index (χ0) is 12.3. The first-order valence-corrected chi connectivity index (χ1v) is 5.79. The highest BCUT2D eigenvalue weighted by atomic mass is 16.5. The van der Waals surface area contributed by atoms with Gasteiger partial charge >= 0.3 is 5.97 Å². The topological polar surface area (TPSA) is 90.1 Å². The van der Waals surface area contributed by atoms with Gasteiger partial charge in [-0.25, -0.2) is 4.68 Å². The highest BCUT2D eigenvalue weighted by Crippen LogP contribution is 2.25. The van der Waals surface area contributed by atoms with Gasteiger partial charge in [-0.3, -0.25) is 4.79 Å². The summed E-state index contributed by atoms with van der Waals surface area (Å²) in [4.78, 5) is 10.8. The summed E-state index contributed by atoms with van der Waals surface area (Å²) >= 11 is 0. The van der Waals surface area contributed by atoms with Crippen LogP contribution in [0.15, 0.2) is 0 Å². The van der Waals surface area contributed by atoms with E-state index in [1.54, 1.807) is 6.92 Å². The largest absolute Gasteiger partial charge is 0.481 e. The maximum absolute atomic E-state index is 10.8. The second-order valence-corrected chi connectivity index (χ2v) is 4.31.